The molecular weight excluding hydrogens is 368 g/mol. The Morgan fingerprint density at radius 2 is 1.69 bits per heavy atom. The maximum absolute atomic E-state index is 13.2. The van der Waals surface area contributed by atoms with Crippen LogP contribution >= 0.6 is 0 Å². The standard InChI is InChI=1S/C23H30N2O4/c1-16(2)15-20(25-21(26)18-11-7-8-12-19(18)22(25)27)23(28)24(3)13-14-29-17-9-5-4-6-10-17/h4-10,16,18-20H,11-15H2,1-3H3. The second-order valence-corrected chi connectivity index (χ2v) is 8.27. The Labute approximate surface area is 172 Å². The van der Waals surface area contributed by atoms with Crippen molar-refractivity contribution < 1.29 is 19.1 Å². The molecule has 1 aliphatic carbocycles. The lowest BCUT2D eigenvalue weighted by molar-refractivity contribution is -0.151. The molecule has 6 heteroatoms. The van der Waals surface area contributed by atoms with E-state index in [1.165, 1.54) is 4.90 Å². The van der Waals surface area contributed by atoms with Crippen molar-refractivity contribution in [3.8, 4) is 5.75 Å². The van der Waals surface area contributed by atoms with E-state index in [2.05, 4.69) is 0 Å². The predicted octanol–water partition coefficient (Wildman–Crippen LogP) is 2.89. The highest BCUT2D eigenvalue weighted by Gasteiger charge is 2.51. The van der Waals surface area contributed by atoms with Crippen LogP contribution in [0.5, 0.6) is 5.75 Å². The Balaban J connectivity index is 1.68. The molecule has 0 radical (unpaired) electrons. The van der Waals surface area contributed by atoms with Crippen LogP contribution in [0.2, 0.25) is 0 Å². The summed E-state index contributed by atoms with van der Waals surface area (Å²) in [6.45, 7) is 4.72. The highest BCUT2D eigenvalue weighted by molar-refractivity contribution is 6.08. The van der Waals surface area contributed by atoms with Crippen molar-refractivity contribution in [2.45, 2.75) is 39.2 Å². The molecule has 156 valence electrons. The summed E-state index contributed by atoms with van der Waals surface area (Å²) in [5.74, 6) is -0.311. The van der Waals surface area contributed by atoms with Gasteiger partial charge < -0.3 is 9.64 Å². The van der Waals surface area contributed by atoms with Crippen molar-refractivity contribution in [1.29, 1.82) is 0 Å². The molecule has 0 aromatic heterocycles. The highest BCUT2D eigenvalue weighted by atomic mass is 16.5. The van der Waals surface area contributed by atoms with Gasteiger partial charge in [-0.3, -0.25) is 19.3 Å². The molecule has 3 unspecified atom stereocenters. The minimum absolute atomic E-state index is 0.180. The number of hydrogen-bond acceptors (Lipinski definition) is 4. The predicted molar refractivity (Wildman–Crippen MR) is 110 cm³/mol. The SMILES string of the molecule is CC(C)CC(C(=O)N(C)CCOc1ccccc1)N1C(=O)C2CC=CCC2C1=O. The van der Waals surface area contributed by atoms with Gasteiger partial charge >= 0.3 is 0 Å². The number of amides is 3. The van der Waals surface area contributed by atoms with Crippen molar-refractivity contribution in [1.82, 2.24) is 9.80 Å². The minimum Gasteiger partial charge on any atom is -0.492 e. The lowest BCUT2D eigenvalue weighted by Gasteiger charge is -2.31. The van der Waals surface area contributed by atoms with Crippen LogP contribution in [0.4, 0.5) is 0 Å². The third kappa shape index (κ3) is 4.69. The first-order valence-electron chi connectivity index (χ1n) is 10.3. The summed E-state index contributed by atoms with van der Waals surface area (Å²) < 4.78 is 5.68. The molecule has 0 spiro atoms. The number of fused-ring (bicyclic) bond motifs is 1. The molecule has 6 nitrogen and oxygen atoms in total. The molecule has 3 rings (SSSR count). The van der Waals surface area contributed by atoms with Gasteiger partial charge in [-0.25, -0.2) is 0 Å². The summed E-state index contributed by atoms with van der Waals surface area (Å²) in [4.78, 5) is 42.0. The summed E-state index contributed by atoms with van der Waals surface area (Å²) in [5.41, 5.74) is 0. The summed E-state index contributed by atoms with van der Waals surface area (Å²) in [5, 5.41) is 0. The van der Waals surface area contributed by atoms with E-state index in [9.17, 15) is 14.4 Å². The number of ether oxygens (including phenoxy) is 1. The molecule has 1 aromatic carbocycles. The highest BCUT2D eigenvalue weighted by Crippen LogP contribution is 2.37. The maximum Gasteiger partial charge on any atom is 0.245 e. The Bertz CT molecular complexity index is 748. The normalized spacial score (nSPS) is 22.0. The number of benzene rings is 1. The number of likely N-dealkylation sites (N-methyl/N-ethyl adjacent to an activating group) is 1. The lowest BCUT2D eigenvalue weighted by atomic mass is 9.85. The van der Waals surface area contributed by atoms with Gasteiger partial charge in [0, 0.05) is 7.05 Å². The number of likely N-dealkylation sites (tertiary alicyclic amines) is 1. The third-order valence-corrected chi connectivity index (χ3v) is 5.65. The first-order valence-corrected chi connectivity index (χ1v) is 10.3. The number of hydrogen-bond donors (Lipinski definition) is 0. The molecule has 0 saturated carbocycles. The van der Waals surface area contributed by atoms with E-state index in [0.29, 0.717) is 32.4 Å². The van der Waals surface area contributed by atoms with Gasteiger partial charge in [0.15, 0.2) is 0 Å². The molecule has 3 amide bonds. The zero-order valence-electron chi connectivity index (χ0n) is 17.4. The van der Waals surface area contributed by atoms with Gasteiger partial charge in [-0.05, 0) is 37.3 Å². The first kappa shape index (κ1) is 21.1. The monoisotopic (exact) mass is 398 g/mol. The Hall–Kier alpha value is -2.63. The summed E-state index contributed by atoms with van der Waals surface area (Å²) in [6.07, 6.45) is 5.54. The van der Waals surface area contributed by atoms with E-state index in [-0.39, 0.29) is 35.5 Å². The zero-order chi connectivity index (χ0) is 21.0. The summed E-state index contributed by atoms with van der Waals surface area (Å²) >= 11 is 0. The van der Waals surface area contributed by atoms with E-state index < -0.39 is 6.04 Å². The van der Waals surface area contributed by atoms with E-state index >= 15 is 0 Å². The number of carbonyl (C=O) groups is 3. The molecule has 1 aromatic rings. The Morgan fingerprint density at radius 1 is 1.10 bits per heavy atom. The molecule has 1 heterocycles. The number of nitrogens with zero attached hydrogens (tertiary/aromatic N) is 2. The van der Waals surface area contributed by atoms with Crippen LogP contribution < -0.4 is 4.74 Å². The topological polar surface area (TPSA) is 66.9 Å². The van der Waals surface area contributed by atoms with Gasteiger partial charge in [0.1, 0.15) is 18.4 Å². The fourth-order valence-electron chi connectivity index (χ4n) is 4.08. The average Bonchev–Trinajstić information content (AvgIpc) is 2.97. The quantitative estimate of drug-likeness (QED) is 0.499. The zero-order valence-corrected chi connectivity index (χ0v) is 17.4. The van der Waals surface area contributed by atoms with E-state index in [0.717, 1.165) is 5.75 Å². The van der Waals surface area contributed by atoms with Crippen LogP contribution in [0.3, 0.4) is 0 Å². The van der Waals surface area contributed by atoms with E-state index in [1.54, 1.807) is 11.9 Å². The van der Waals surface area contributed by atoms with Crippen molar-refractivity contribution >= 4 is 17.7 Å². The minimum atomic E-state index is -0.748. The van der Waals surface area contributed by atoms with Gasteiger partial charge in [0.05, 0.1) is 18.4 Å². The number of rotatable bonds is 8. The third-order valence-electron chi connectivity index (χ3n) is 5.65. The number of carbonyl (C=O) groups excluding carboxylic acids is 3. The van der Waals surface area contributed by atoms with Gasteiger partial charge in [-0.15, -0.1) is 0 Å². The molecule has 29 heavy (non-hydrogen) atoms. The first-order chi connectivity index (χ1) is 13.9. The number of imide groups is 1. The van der Waals surface area contributed by atoms with Gasteiger partial charge in [0.25, 0.3) is 0 Å². The lowest BCUT2D eigenvalue weighted by Crippen LogP contribution is -2.51. The van der Waals surface area contributed by atoms with Crippen LogP contribution in [0.15, 0.2) is 42.5 Å². The molecule has 0 N–H and O–H groups in total. The maximum atomic E-state index is 13.2. The molecule has 2 aliphatic rings. The van der Waals surface area contributed by atoms with Crippen LogP contribution in [0.1, 0.15) is 33.1 Å². The molecule has 1 fully saturated rings. The summed E-state index contributed by atoms with van der Waals surface area (Å²) in [6, 6.07) is 8.67. The fraction of sp³-hybridized carbons (Fsp3) is 0.522. The van der Waals surface area contributed by atoms with E-state index in [4.69, 9.17) is 4.74 Å². The molecular formula is C23H30N2O4. The van der Waals surface area contributed by atoms with Gasteiger partial charge in [-0.2, -0.15) is 0 Å². The van der Waals surface area contributed by atoms with Crippen molar-refractivity contribution in [2.24, 2.45) is 17.8 Å². The molecule has 1 aliphatic heterocycles. The van der Waals surface area contributed by atoms with E-state index in [1.807, 2.05) is 56.3 Å². The van der Waals surface area contributed by atoms with Crippen LogP contribution in [-0.2, 0) is 14.4 Å². The molecule has 1 saturated heterocycles. The van der Waals surface area contributed by atoms with Crippen molar-refractivity contribution in [3.05, 3.63) is 42.5 Å². The van der Waals surface area contributed by atoms with Crippen LogP contribution in [0, 0.1) is 17.8 Å². The Morgan fingerprint density at radius 3 is 2.24 bits per heavy atom. The van der Waals surface area contributed by atoms with Crippen molar-refractivity contribution in [2.75, 3.05) is 20.2 Å². The molecule has 3 atom stereocenters. The number of allylic oxidation sites excluding steroid dienone is 2. The molecule has 0 bridgehead atoms. The van der Waals surface area contributed by atoms with Crippen LogP contribution in [0.25, 0.3) is 0 Å². The van der Waals surface area contributed by atoms with Crippen molar-refractivity contribution in [3.63, 3.8) is 0 Å². The smallest absolute Gasteiger partial charge is 0.245 e. The number of para-hydroxylation sites is 1. The average molecular weight is 399 g/mol. The second-order valence-electron chi connectivity index (χ2n) is 8.27. The largest absolute Gasteiger partial charge is 0.492 e. The summed E-state index contributed by atoms with van der Waals surface area (Å²) in [7, 11) is 1.70. The second kappa shape index (κ2) is 9.25. The Kier molecular flexibility index (Phi) is 6.72. The van der Waals surface area contributed by atoms with Gasteiger partial charge in [-0.1, -0.05) is 44.2 Å². The fourth-order valence-corrected chi connectivity index (χ4v) is 4.08. The van der Waals surface area contributed by atoms with Crippen LogP contribution in [-0.4, -0.2) is 53.8 Å². The van der Waals surface area contributed by atoms with Gasteiger partial charge in [0.2, 0.25) is 17.7 Å².